The molecule has 0 amide bonds. The first-order valence-corrected chi connectivity index (χ1v) is 15.4. The third-order valence-corrected chi connectivity index (χ3v) is 9.69. The van der Waals surface area contributed by atoms with Gasteiger partial charge in [0.1, 0.15) is 24.3 Å². The fraction of sp³-hybridized carbons (Fsp3) is 0.312. The number of carboxylic acids is 1. The molecule has 12 heteroatoms. The van der Waals surface area contributed by atoms with Crippen molar-refractivity contribution < 1.29 is 14.6 Å². The summed E-state index contributed by atoms with van der Waals surface area (Å²) in [6, 6.07) is 9.30. The topological polar surface area (TPSA) is 134 Å². The highest BCUT2D eigenvalue weighted by Crippen LogP contribution is 2.40. The van der Waals surface area contributed by atoms with Crippen LogP contribution in [0.5, 0.6) is 5.75 Å². The van der Waals surface area contributed by atoms with E-state index < -0.39 is 5.97 Å². The maximum atomic E-state index is 13.9. The van der Waals surface area contributed by atoms with Crippen LogP contribution in [0.15, 0.2) is 46.8 Å². The van der Waals surface area contributed by atoms with Crippen molar-refractivity contribution in [3.8, 4) is 22.9 Å². The average molecular weight is 629 g/mol. The second kappa shape index (κ2) is 11.6. The number of hydrogen-bond acceptors (Lipinski definition) is 9. The molecule has 1 fully saturated rings. The number of halogens is 1. The lowest BCUT2D eigenvalue weighted by atomic mass is 9.75. The Bertz CT molecular complexity index is 2040. The molecule has 0 saturated carbocycles. The minimum atomic E-state index is -1.05. The number of ether oxygens (including phenoxy) is 1. The molecule has 5 heterocycles. The molecule has 0 radical (unpaired) electrons. The number of aromatic carboxylic acids is 1. The number of nitriles is 1. The molecule has 0 aliphatic carbocycles. The largest absolute Gasteiger partial charge is 0.491 e. The van der Waals surface area contributed by atoms with E-state index in [-0.39, 0.29) is 35.1 Å². The van der Waals surface area contributed by atoms with Crippen LogP contribution >= 0.6 is 22.9 Å². The quantitative estimate of drug-likeness (QED) is 0.242. The van der Waals surface area contributed by atoms with Crippen LogP contribution in [0, 0.1) is 18.3 Å². The molecular weight excluding hydrogens is 600 g/mol. The monoisotopic (exact) mass is 628 g/mol. The highest BCUT2D eigenvalue weighted by atomic mass is 35.5. The molecule has 1 saturated heterocycles. The zero-order chi connectivity index (χ0) is 31.2. The van der Waals surface area contributed by atoms with Crippen LogP contribution in [-0.2, 0) is 12.0 Å². The lowest BCUT2D eigenvalue weighted by Gasteiger charge is -2.37. The van der Waals surface area contributed by atoms with Crippen molar-refractivity contribution in [1.29, 1.82) is 5.26 Å². The average Bonchev–Trinajstić information content (AvgIpc) is 3.45. The van der Waals surface area contributed by atoms with Gasteiger partial charge in [-0.25, -0.2) is 9.78 Å². The number of pyridine rings is 2. The number of benzene rings is 1. The van der Waals surface area contributed by atoms with Crippen molar-refractivity contribution in [3.63, 3.8) is 0 Å². The Balaban J connectivity index is 1.33. The number of hydrogen-bond donors (Lipinski definition) is 1. The van der Waals surface area contributed by atoms with Gasteiger partial charge in [-0.05, 0) is 64.2 Å². The minimum Gasteiger partial charge on any atom is -0.491 e. The number of nitrogens with zero attached hydrogens (tertiary/aromatic N) is 6. The van der Waals surface area contributed by atoms with Gasteiger partial charge in [-0.15, -0.1) is 11.3 Å². The van der Waals surface area contributed by atoms with Gasteiger partial charge in [-0.1, -0.05) is 18.5 Å². The third-order valence-electron chi connectivity index (χ3n) is 8.45. The van der Waals surface area contributed by atoms with Crippen molar-refractivity contribution >= 4 is 50.0 Å². The van der Waals surface area contributed by atoms with Crippen LogP contribution in [0.3, 0.4) is 0 Å². The predicted molar refractivity (Wildman–Crippen MR) is 170 cm³/mol. The Morgan fingerprint density at radius 1 is 1.23 bits per heavy atom. The third kappa shape index (κ3) is 5.19. The van der Waals surface area contributed by atoms with Crippen molar-refractivity contribution in [3.05, 3.63) is 80.1 Å². The van der Waals surface area contributed by atoms with Crippen molar-refractivity contribution in [1.82, 2.24) is 24.4 Å². The lowest BCUT2D eigenvalue weighted by Crippen LogP contribution is -2.40. The van der Waals surface area contributed by atoms with E-state index in [4.69, 9.17) is 16.3 Å². The molecule has 1 N–H and O–H groups in total. The van der Waals surface area contributed by atoms with Gasteiger partial charge in [0.2, 0.25) is 0 Å². The Morgan fingerprint density at radius 3 is 2.73 bits per heavy atom. The van der Waals surface area contributed by atoms with E-state index >= 15 is 0 Å². The van der Waals surface area contributed by atoms with Crippen LogP contribution in [0.1, 0.15) is 47.2 Å². The molecular formula is C32H29ClN6O4S. The number of aryl methyl sites for hydroxylation is 1. The predicted octanol–water partition coefficient (Wildman–Crippen LogP) is 5.66. The van der Waals surface area contributed by atoms with E-state index in [1.807, 2.05) is 0 Å². The van der Waals surface area contributed by atoms with Crippen LogP contribution in [0.2, 0.25) is 5.02 Å². The van der Waals surface area contributed by atoms with Gasteiger partial charge in [-0.3, -0.25) is 19.3 Å². The molecule has 224 valence electrons. The second-order valence-corrected chi connectivity index (χ2v) is 12.6. The Kier molecular flexibility index (Phi) is 7.84. The molecule has 0 bridgehead atoms. The molecule has 6 rings (SSSR count). The highest BCUT2D eigenvalue weighted by molar-refractivity contribution is 7.18. The van der Waals surface area contributed by atoms with E-state index in [1.165, 1.54) is 15.9 Å². The van der Waals surface area contributed by atoms with Gasteiger partial charge < -0.3 is 14.7 Å². The summed E-state index contributed by atoms with van der Waals surface area (Å²) in [4.78, 5) is 41.4. The van der Waals surface area contributed by atoms with Gasteiger partial charge in [-0.2, -0.15) is 5.26 Å². The Hall–Kier alpha value is -4.37. The number of likely N-dealkylation sites (tertiary alicyclic amines) is 1. The van der Waals surface area contributed by atoms with Crippen molar-refractivity contribution in [2.75, 3.05) is 26.7 Å². The SMILES string of the molecule is Cc1nc2cnc(C3(C)CCN(C)CC3)c(C#N)c2c(=O)n1CCOc1ccc(Cl)cc1-c1ccnc2c(C(=O)O)csc12. The number of rotatable bonds is 7. The molecule has 0 atom stereocenters. The number of carboxylic acid groups (broad SMARTS) is 1. The summed E-state index contributed by atoms with van der Waals surface area (Å²) in [5, 5.41) is 22.2. The first kappa shape index (κ1) is 29.7. The van der Waals surface area contributed by atoms with Gasteiger partial charge in [0.15, 0.2) is 0 Å². The Morgan fingerprint density at radius 2 is 2.00 bits per heavy atom. The smallest absolute Gasteiger partial charge is 0.338 e. The van der Waals surface area contributed by atoms with E-state index in [1.54, 1.807) is 49.0 Å². The molecule has 1 aromatic carbocycles. The second-order valence-electron chi connectivity index (χ2n) is 11.3. The molecule has 4 aromatic heterocycles. The summed E-state index contributed by atoms with van der Waals surface area (Å²) >= 11 is 7.65. The van der Waals surface area contributed by atoms with Crippen LogP contribution in [-0.4, -0.2) is 62.2 Å². The van der Waals surface area contributed by atoms with Crippen LogP contribution < -0.4 is 10.3 Å². The van der Waals surface area contributed by atoms with E-state index in [0.717, 1.165) is 31.5 Å². The molecule has 44 heavy (non-hydrogen) atoms. The van der Waals surface area contributed by atoms with E-state index in [0.29, 0.717) is 49.2 Å². The molecule has 1 aliphatic heterocycles. The number of fused-ring (bicyclic) bond motifs is 2. The van der Waals surface area contributed by atoms with Crippen molar-refractivity contribution in [2.45, 2.75) is 38.6 Å². The molecule has 10 nitrogen and oxygen atoms in total. The first-order chi connectivity index (χ1) is 21.1. The fourth-order valence-electron chi connectivity index (χ4n) is 5.88. The highest BCUT2D eigenvalue weighted by Gasteiger charge is 2.35. The van der Waals surface area contributed by atoms with E-state index in [9.17, 15) is 20.0 Å². The zero-order valence-electron chi connectivity index (χ0n) is 24.4. The number of aromatic nitrogens is 4. The van der Waals surface area contributed by atoms with Gasteiger partial charge >= 0.3 is 5.97 Å². The summed E-state index contributed by atoms with van der Waals surface area (Å²) in [7, 11) is 2.08. The van der Waals surface area contributed by atoms with Gasteiger partial charge in [0.25, 0.3) is 5.56 Å². The van der Waals surface area contributed by atoms with Gasteiger partial charge in [0, 0.05) is 33.1 Å². The molecule has 5 aromatic rings. The van der Waals surface area contributed by atoms with Crippen LogP contribution in [0.4, 0.5) is 0 Å². The number of thiophene rings is 1. The minimum absolute atomic E-state index is 0.130. The summed E-state index contributed by atoms with van der Waals surface area (Å²) in [5.41, 5.74) is 2.68. The van der Waals surface area contributed by atoms with E-state index in [2.05, 4.69) is 39.9 Å². The summed E-state index contributed by atoms with van der Waals surface area (Å²) in [5.74, 6) is -0.0378. The maximum absolute atomic E-state index is 13.9. The van der Waals surface area contributed by atoms with Crippen molar-refractivity contribution in [2.24, 2.45) is 0 Å². The standard InChI is InChI=1S/C32H29ClN6O4S/c1-18-37-24-16-36-29(32(2)7-10-38(3)11-8-32)22(15-34)26(24)30(40)39(18)12-13-43-25-5-4-19(33)14-21(25)20-6-9-35-27-23(31(41)42)17-44-28(20)27/h4-6,9,14,16-17H,7-8,10-13H2,1-3H3,(H,41,42). The normalized spacial score (nSPS) is 15.0. The zero-order valence-corrected chi connectivity index (χ0v) is 26.0. The number of carbonyl (C=O) groups is 1. The number of piperidine rings is 1. The summed E-state index contributed by atoms with van der Waals surface area (Å²) in [6.45, 7) is 5.96. The van der Waals surface area contributed by atoms with Crippen LogP contribution in [0.25, 0.3) is 32.2 Å². The Labute approximate surface area is 262 Å². The summed E-state index contributed by atoms with van der Waals surface area (Å²) in [6.07, 6.45) is 4.86. The molecule has 0 spiro atoms. The fourth-order valence-corrected chi connectivity index (χ4v) is 7.08. The first-order valence-electron chi connectivity index (χ1n) is 14.1. The van der Waals surface area contributed by atoms with Gasteiger partial charge in [0.05, 0.1) is 50.7 Å². The lowest BCUT2D eigenvalue weighted by molar-refractivity contribution is 0.0699. The summed E-state index contributed by atoms with van der Waals surface area (Å²) < 4.78 is 8.45. The maximum Gasteiger partial charge on any atom is 0.338 e. The molecule has 0 unspecified atom stereocenters. The molecule has 1 aliphatic rings.